The number of aromatic nitrogens is 4. The molecular formula is C33H34ClF3N8O4. The van der Waals surface area contributed by atoms with Crippen molar-refractivity contribution >= 4 is 46.0 Å². The molecule has 3 aromatic heterocycles. The van der Waals surface area contributed by atoms with Crippen molar-refractivity contribution in [2.45, 2.75) is 64.7 Å². The van der Waals surface area contributed by atoms with E-state index in [-0.39, 0.29) is 28.3 Å². The topological polar surface area (TPSA) is 152 Å². The molecule has 7 rings (SSSR count). The summed E-state index contributed by atoms with van der Waals surface area (Å²) in [4.78, 5) is 52.1. The average molecular weight is 699 g/mol. The minimum atomic E-state index is -1.72. The molecule has 2 fully saturated rings. The zero-order valence-corrected chi connectivity index (χ0v) is 27.5. The summed E-state index contributed by atoms with van der Waals surface area (Å²) >= 11 is 6.27. The Labute approximate surface area is 283 Å². The number of fused-ring (bicyclic) bond motifs is 2. The van der Waals surface area contributed by atoms with Crippen molar-refractivity contribution in [3.63, 3.8) is 0 Å². The van der Waals surface area contributed by atoms with Crippen LogP contribution in [-0.4, -0.2) is 72.6 Å². The highest BCUT2D eigenvalue weighted by molar-refractivity contribution is 6.33. The normalized spacial score (nSPS) is 18.6. The van der Waals surface area contributed by atoms with Crippen LogP contribution in [0, 0.1) is 23.5 Å². The Morgan fingerprint density at radius 2 is 1.88 bits per heavy atom. The highest BCUT2D eigenvalue weighted by Gasteiger charge is 2.36. The van der Waals surface area contributed by atoms with Crippen LogP contribution >= 0.6 is 11.6 Å². The maximum absolute atomic E-state index is 15.3. The lowest BCUT2D eigenvalue weighted by Crippen LogP contribution is -2.55. The van der Waals surface area contributed by atoms with Crippen LogP contribution in [0.4, 0.5) is 24.7 Å². The lowest BCUT2D eigenvalue weighted by Gasteiger charge is -2.43. The number of rotatable bonds is 8. The average Bonchev–Trinajstić information content (AvgIpc) is 3.70. The second kappa shape index (κ2) is 12.4. The van der Waals surface area contributed by atoms with Crippen LogP contribution in [0.5, 0.6) is 5.75 Å². The van der Waals surface area contributed by atoms with Crippen LogP contribution < -0.4 is 21.5 Å². The summed E-state index contributed by atoms with van der Waals surface area (Å²) < 4.78 is 47.9. The number of anilines is 2. The van der Waals surface area contributed by atoms with E-state index in [0.717, 1.165) is 19.2 Å². The Kier molecular flexibility index (Phi) is 8.30. The number of hydrogen-bond acceptors (Lipinski definition) is 8. The molecule has 2 atom stereocenters. The van der Waals surface area contributed by atoms with E-state index in [9.17, 15) is 23.9 Å². The van der Waals surface area contributed by atoms with Gasteiger partial charge in [0.05, 0.1) is 16.6 Å². The number of aromatic hydroxyl groups is 1. The molecule has 16 heteroatoms. The van der Waals surface area contributed by atoms with Crippen LogP contribution in [-0.2, 0) is 24.3 Å². The van der Waals surface area contributed by atoms with Gasteiger partial charge in [0, 0.05) is 68.1 Å². The monoisotopic (exact) mass is 698 g/mol. The number of carbonyl (C=O) groups is 2. The van der Waals surface area contributed by atoms with Crippen molar-refractivity contribution in [1.82, 2.24) is 24.0 Å². The summed E-state index contributed by atoms with van der Waals surface area (Å²) in [6.45, 7) is 6.30. The van der Waals surface area contributed by atoms with Gasteiger partial charge in [0.15, 0.2) is 11.6 Å². The van der Waals surface area contributed by atoms with Crippen molar-refractivity contribution in [1.29, 1.82) is 0 Å². The van der Waals surface area contributed by atoms with Crippen molar-refractivity contribution in [2.24, 2.45) is 11.7 Å². The Balaban J connectivity index is 1.21. The Bertz CT molecular complexity index is 2100. The second-order valence-corrected chi connectivity index (χ2v) is 13.4. The third kappa shape index (κ3) is 5.78. The number of nitrogens with one attached hydrogen (secondary N) is 1. The predicted octanol–water partition coefficient (Wildman–Crippen LogP) is 4.03. The molecule has 3 aliphatic rings. The molecule has 4 aromatic rings. The number of amides is 2. The summed E-state index contributed by atoms with van der Waals surface area (Å²) in [5, 5.41) is 12.1. The molecule has 2 aliphatic heterocycles. The number of aryl methyl sites for hydroxylation is 1. The fraction of sp³-hybridized carbons (Fsp3) is 0.424. The van der Waals surface area contributed by atoms with E-state index in [2.05, 4.69) is 27.1 Å². The van der Waals surface area contributed by atoms with E-state index in [1.165, 1.54) is 34.2 Å². The van der Waals surface area contributed by atoms with Gasteiger partial charge in [-0.2, -0.15) is 8.78 Å². The molecule has 0 unspecified atom stereocenters. The number of primary amides is 1. The predicted molar refractivity (Wildman–Crippen MR) is 176 cm³/mol. The first kappa shape index (κ1) is 32.9. The summed E-state index contributed by atoms with van der Waals surface area (Å²) in [6.07, 6.45) is 4.81. The maximum atomic E-state index is 15.3. The van der Waals surface area contributed by atoms with Crippen LogP contribution in [0.25, 0.3) is 22.2 Å². The number of pyridine rings is 1. The first-order chi connectivity index (χ1) is 23.3. The quantitative estimate of drug-likeness (QED) is 0.234. The second-order valence-electron chi connectivity index (χ2n) is 13.1. The first-order valence-corrected chi connectivity index (χ1v) is 16.5. The van der Waals surface area contributed by atoms with Crippen molar-refractivity contribution in [3.05, 3.63) is 62.7 Å². The fourth-order valence-corrected chi connectivity index (χ4v) is 7.24. The van der Waals surface area contributed by atoms with Gasteiger partial charge in [-0.05, 0) is 45.1 Å². The van der Waals surface area contributed by atoms with Gasteiger partial charge < -0.3 is 25.6 Å². The number of phenols is 1. The van der Waals surface area contributed by atoms with E-state index in [1.807, 2.05) is 11.8 Å². The molecule has 4 N–H and O–H groups in total. The molecule has 0 radical (unpaired) electrons. The summed E-state index contributed by atoms with van der Waals surface area (Å²) in [5.41, 5.74) is 3.34. The molecular weight excluding hydrogens is 665 g/mol. The van der Waals surface area contributed by atoms with E-state index >= 15 is 8.78 Å². The van der Waals surface area contributed by atoms with Crippen LogP contribution in [0.1, 0.15) is 49.3 Å². The SMILES string of the molecule is C[C@H](C1CC1)N1CCN(c2cc(NC(=O)Cn3cc(-c4cc(C(N)=O)c(O)c(F)c4F)c4c(=O)n5c(nc43)CCC5)c(Cl)c(F)n2)[C@@H](C)C1. The molecule has 0 spiro atoms. The van der Waals surface area contributed by atoms with Gasteiger partial charge in [-0.25, -0.2) is 14.4 Å². The van der Waals surface area contributed by atoms with Gasteiger partial charge in [-0.3, -0.25) is 23.9 Å². The number of nitrogens with zero attached hydrogens (tertiary/aromatic N) is 6. The van der Waals surface area contributed by atoms with Gasteiger partial charge in [0.25, 0.3) is 11.5 Å². The van der Waals surface area contributed by atoms with Gasteiger partial charge in [-0.1, -0.05) is 11.6 Å². The number of benzene rings is 1. The minimum absolute atomic E-state index is 0.0108. The highest BCUT2D eigenvalue weighted by Crippen LogP contribution is 2.38. The van der Waals surface area contributed by atoms with Crippen molar-refractivity contribution in [2.75, 3.05) is 29.9 Å². The molecule has 258 valence electrons. The van der Waals surface area contributed by atoms with E-state index < -0.39 is 63.4 Å². The lowest BCUT2D eigenvalue weighted by atomic mass is 10.0. The van der Waals surface area contributed by atoms with Crippen molar-refractivity contribution < 1.29 is 27.9 Å². The molecule has 1 aromatic carbocycles. The zero-order valence-electron chi connectivity index (χ0n) is 26.8. The highest BCUT2D eigenvalue weighted by atomic mass is 35.5. The summed E-state index contributed by atoms with van der Waals surface area (Å²) in [6, 6.07) is 2.85. The Hall–Kier alpha value is -4.63. The van der Waals surface area contributed by atoms with E-state index in [0.29, 0.717) is 49.5 Å². The maximum Gasteiger partial charge on any atom is 0.263 e. The van der Waals surface area contributed by atoms with E-state index in [4.69, 9.17) is 17.3 Å². The van der Waals surface area contributed by atoms with E-state index in [1.54, 1.807) is 0 Å². The van der Waals surface area contributed by atoms with Gasteiger partial charge in [0.1, 0.15) is 28.9 Å². The molecule has 5 heterocycles. The van der Waals surface area contributed by atoms with Gasteiger partial charge in [0.2, 0.25) is 17.7 Å². The molecule has 0 bridgehead atoms. The van der Waals surface area contributed by atoms with Gasteiger partial charge in [-0.15, -0.1) is 0 Å². The number of nitrogens with two attached hydrogens (primary N) is 1. The Morgan fingerprint density at radius 1 is 1.12 bits per heavy atom. The largest absolute Gasteiger partial charge is 0.504 e. The molecule has 49 heavy (non-hydrogen) atoms. The van der Waals surface area contributed by atoms with Crippen LogP contribution in [0.3, 0.4) is 0 Å². The minimum Gasteiger partial charge on any atom is -0.504 e. The number of piperazine rings is 1. The third-order valence-electron chi connectivity index (χ3n) is 9.90. The first-order valence-electron chi connectivity index (χ1n) is 16.1. The fourth-order valence-electron chi connectivity index (χ4n) is 7.09. The van der Waals surface area contributed by atoms with Gasteiger partial charge >= 0.3 is 0 Å². The van der Waals surface area contributed by atoms with Crippen LogP contribution in [0.2, 0.25) is 5.02 Å². The summed E-state index contributed by atoms with van der Waals surface area (Å²) in [7, 11) is 0. The number of carbonyl (C=O) groups excluding carboxylic acids is 2. The molecule has 1 saturated carbocycles. The molecule has 1 saturated heterocycles. The standard InChI is InChI=1S/C33H34ClF3N8O4/c1-15-12-42(16(2)17-5-6-17)8-9-44(15)23-11-21(26(34)30(37)40-23)39-24(46)14-43-13-20(18-10-19(31(38)48)29(47)28(36)27(18)35)25-32(43)41-22-4-3-7-45(22)33(25)49/h10-11,13,15-17,47H,3-9,12,14H2,1-2H3,(H2,38,48)(H,39,40,46)/t15-,16+/m0/s1. The molecule has 12 nitrogen and oxygen atoms in total. The molecule has 1 aliphatic carbocycles. The smallest absolute Gasteiger partial charge is 0.263 e. The number of halogens is 4. The van der Waals surface area contributed by atoms with Crippen molar-refractivity contribution in [3.8, 4) is 16.9 Å². The zero-order chi connectivity index (χ0) is 34.9. The molecule has 2 amide bonds. The Morgan fingerprint density at radius 3 is 2.57 bits per heavy atom. The third-order valence-corrected chi connectivity index (χ3v) is 10.3. The summed E-state index contributed by atoms with van der Waals surface area (Å²) in [5.74, 6) is -5.90. The number of hydrogen-bond donors (Lipinski definition) is 3. The lowest BCUT2D eigenvalue weighted by molar-refractivity contribution is -0.116. The van der Waals surface area contributed by atoms with Crippen LogP contribution in [0.15, 0.2) is 23.1 Å².